The van der Waals surface area contributed by atoms with Crippen LogP contribution in [0.5, 0.6) is 0 Å². The van der Waals surface area contributed by atoms with Crippen molar-refractivity contribution in [3.8, 4) is 12.1 Å². The first-order valence-electron chi connectivity index (χ1n) is 4.91. The first kappa shape index (κ1) is 15.3. The second kappa shape index (κ2) is 8.47. The molecule has 0 aliphatic heterocycles. The molecule has 0 aromatic carbocycles. The van der Waals surface area contributed by atoms with Crippen LogP contribution in [0.3, 0.4) is 0 Å². The molecule has 0 rings (SSSR count). The van der Waals surface area contributed by atoms with E-state index in [2.05, 4.69) is 0 Å². The van der Waals surface area contributed by atoms with Crippen molar-refractivity contribution in [1.82, 2.24) is 0 Å². The Morgan fingerprint density at radius 2 is 1.56 bits per heavy atom. The zero-order valence-electron chi connectivity index (χ0n) is 8.96. The van der Waals surface area contributed by atoms with E-state index in [9.17, 15) is 8.42 Å². The summed E-state index contributed by atoms with van der Waals surface area (Å²) in [5.41, 5.74) is 0. The lowest BCUT2D eigenvalue weighted by Crippen LogP contribution is -2.06. The summed E-state index contributed by atoms with van der Waals surface area (Å²) in [6.07, 6.45) is 3.49. The second-order valence-electron chi connectivity index (χ2n) is 3.30. The molecule has 0 heterocycles. The van der Waals surface area contributed by atoms with Crippen molar-refractivity contribution in [3.05, 3.63) is 0 Å². The van der Waals surface area contributed by atoms with Crippen LogP contribution in [0.1, 0.15) is 19.3 Å². The van der Waals surface area contributed by atoms with Gasteiger partial charge in [-0.15, -0.1) is 7.92 Å². The monoisotopic (exact) mass is 262 g/mol. The number of nitrogens with zero attached hydrogens (tertiary/aromatic N) is 2. The van der Waals surface area contributed by atoms with Gasteiger partial charge in [0.15, 0.2) is 0 Å². The molecule has 16 heavy (non-hydrogen) atoms. The topological polar surface area (TPSA) is 102 Å². The standard InChI is InChI=1S/C9H15N2O3PS/c10-4-1-6-15(7-2-5-11)8-3-9-16(12,13)14/h1-3,6-9H2,(H,12,13,14). The molecule has 0 unspecified atom stereocenters. The van der Waals surface area contributed by atoms with Crippen LogP contribution in [0.15, 0.2) is 0 Å². The smallest absolute Gasteiger partial charge is 0.264 e. The van der Waals surface area contributed by atoms with Gasteiger partial charge in [-0.1, -0.05) is 0 Å². The van der Waals surface area contributed by atoms with Crippen molar-refractivity contribution in [1.29, 1.82) is 10.5 Å². The van der Waals surface area contributed by atoms with Gasteiger partial charge in [0.25, 0.3) is 10.1 Å². The fourth-order valence-corrected chi connectivity index (χ4v) is 4.05. The van der Waals surface area contributed by atoms with Gasteiger partial charge in [-0.25, -0.2) is 0 Å². The lowest BCUT2D eigenvalue weighted by atomic mass is 10.5. The van der Waals surface area contributed by atoms with Gasteiger partial charge in [-0.05, 0) is 24.9 Å². The zero-order chi connectivity index (χ0) is 12.4. The summed E-state index contributed by atoms with van der Waals surface area (Å²) >= 11 is 0. The molecular weight excluding hydrogens is 247 g/mol. The minimum absolute atomic E-state index is 0.231. The highest BCUT2D eigenvalue weighted by atomic mass is 32.2. The van der Waals surface area contributed by atoms with E-state index in [1.165, 1.54) is 0 Å². The molecule has 0 bridgehead atoms. The lowest BCUT2D eigenvalue weighted by Gasteiger charge is -2.13. The fraction of sp³-hybridized carbons (Fsp3) is 0.778. The van der Waals surface area contributed by atoms with E-state index in [1.54, 1.807) is 0 Å². The van der Waals surface area contributed by atoms with Crippen LogP contribution in [-0.2, 0) is 10.1 Å². The number of hydrogen-bond donors (Lipinski definition) is 1. The number of rotatable bonds is 8. The maximum absolute atomic E-state index is 10.5. The average molecular weight is 262 g/mol. The highest BCUT2D eigenvalue weighted by Gasteiger charge is 2.10. The molecule has 0 amide bonds. The Morgan fingerprint density at radius 3 is 1.94 bits per heavy atom. The first-order chi connectivity index (χ1) is 7.49. The quantitative estimate of drug-likeness (QED) is 0.528. The molecule has 0 spiro atoms. The van der Waals surface area contributed by atoms with Crippen LogP contribution < -0.4 is 0 Å². The minimum atomic E-state index is -3.88. The van der Waals surface area contributed by atoms with E-state index < -0.39 is 18.0 Å². The van der Waals surface area contributed by atoms with E-state index in [1.807, 2.05) is 12.1 Å². The molecule has 0 saturated carbocycles. The molecule has 0 radical (unpaired) electrons. The Labute approximate surface area is 97.6 Å². The second-order valence-corrected chi connectivity index (χ2v) is 7.55. The van der Waals surface area contributed by atoms with E-state index in [-0.39, 0.29) is 5.75 Å². The van der Waals surface area contributed by atoms with Crippen molar-refractivity contribution in [3.63, 3.8) is 0 Å². The van der Waals surface area contributed by atoms with E-state index in [0.717, 1.165) is 12.3 Å². The van der Waals surface area contributed by atoms with Gasteiger partial charge < -0.3 is 0 Å². The molecular formula is C9H15N2O3PS. The molecule has 0 saturated heterocycles. The highest BCUT2D eigenvalue weighted by molar-refractivity contribution is 7.85. The summed E-state index contributed by atoms with van der Waals surface area (Å²) in [5, 5.41) is 16.9. The third kappa shape index (κ3) is 9.86. The van der Waals surface area contributed by atoms with Crippen molar-refractivity contribution >= 4 is 18.0 Å². The highest BCUT2D eigenvalue weighted by Crippen LogP contribution is 2.37. The normalized spacial score (nSPS) is 11.0. The van der Waals surface area contributed by atoms with Crippen LogP contribution in [-0.4, -0.2) is 37.2 Å². The molecule has 0 atom stereocenters. The minimum Gasteiger partial charge on any atom is -0.286 e. The van der Waals surface area contributed by atoms with Gasteiger partial charge in [0.1, 0.15) is 0 Å². The summed E-state index contributed by atoms with van der Waals surface area (Å²) in [5.74, 6) is -0.231. The molecule has 90 valence electrons. The SMILES string of the molecule is N#CCCP(CCC#N)CCCS(=O)(=O)O. The molecule has 1 N–H and O–H groups in total. The van der Waals surface area contributed by atoms with E-state index in [4.69, 9.17) is 15.1 Å². The summed E-state index contributed by atoms with van der Waals surface area (Å²) in [6, 6.07) is 4.09. The van der Waals surface area contributed by atoms with Gasteiger partial charge in [0.2, 0.25) is 0 Å². The molecule has 0 aromatic rings. The Kier molecular flexibility index (Phi) is 8.11. The van der Waals surface area contributed by atoms with Crippen LogP contribution in [0.4, 0.5) is 0 Å². The van der Waals surface area contributed by atoms with Crippen molar-refractivity contribution < 1.29 is 13.0 Å². The van der Waals surface area contributed by atoms with Crippen LogP contribution in [0, 0.1) is 22.7 Å². The molecule has 7 heteroatoms. The summed E-state index contributed by atoms with van der Waals surface area (Å²) < 4.78 is 29.6. The Hall–Kier alpha value is -0.680. The van der Waals surface area contributed by atoms with Gasteiger partial charge in [0, 0.05) is 12.8 Å². The third-order valence-corrected chi connectivity index (χ3v) is 5.42. The zero-order valence-corrected chi connectivity index (χ0v) is 10.7. The first-order valence-corrected chi connectivity index (χ1v) is 8.41. The average Bonchev–Trinajstić information content (AvgIpc) is 2.19. The van der Waals surface area contributed by atoms with Crippen LogP contribution >= 0.6 is 7.92 Å². The van der Waals surface area contributed by atoms with Crippen molar-refractivity contribution in [2.24, 2.45) is 0 Å². The third-order valence-electron chi connectivity index (χ3n) is 1.96. The Balaban J connectivity index is 3.92. The molecule has 5 nitrogen and oxygen atoms in total. The van der Waals surface area contributed by atoms with Crippen molar-refractivity contribution in [2.75, 3.05) is 24.2 Å². The lowest BCUT2D eigenvalue weighted by molar-refractivity contribution is 0.482. The summed E-state index contributed by atoms with van der Waals surface area (Å²) in [4.78, 5) is 0. The maximum Gasteiger partial charge on any atom is 0.264 e. The largest absolute Gasteiger partial charge is 0.286 e. The summed E-state index contributed by atoms with van der Waals surface area (Å²) in [7, 11) is -4.33. The summed E-state index contributed by atoms with van der Waals surface area (Å²) in [6.45, 7) is 0. The van der Waals surface area contributed by atoms with Crippen molar-refractivity contribution in [2.45, 2.75) is 19.3 Å². The van der Waals surface area contributed by atoms with E-state index in [0.29, 0.717) is 25.4 Å². The number of nitriles is 2. The molecule has 0 aliphatic carbocycles. The van der Waals surface area contributed by atoms with Crippen LogP contribution in [0.25, 0.3) is 0 Å². The maximum atomic E-state index is 10.5. The fourth-order valence-electron chi connectivity index (χ4n) is 1.22. The molecule has 0 aliphatic rings. The predicted molar refractivity (Wildman–Crippen MR) is 63.0 cm³/mol. The van der Waals surface area contributed by atoms with Gasteiger partial charge in [-0.3, -0.25) is 4.55 Å². The van der Waals surface area contributed by atoms with Crippen LogP contribution in [0.2, 0.25) is 0 Å². The number of hydrogen-bond acceptors (Lipinski definition) is 4. The van der Waals surface area contributed by atoms with Gasteiger partial charge >= 0.3 is 0 Å². The van der Waals surface area contributed by atoms with E-state index >= 15 is 0 Å². The molecule has 0 fully saturated rings. The van der Waals surface area contributed by atoms with Gasteiger partial charge in [0.05, 0.1) is 17.9 Å². The Bertz CT molecular complexity index is 351. The Morgan fingerprint density at radius 1 is 1.06 bits per heavy atom. The predicted octanol–water partition coefficient (Wildman–Crippen LogP) is 1.57. The van der Waals surface area contributed by atoms with Gasteiger partial charge in [-0.2, -0.15) is 18.9 Å². The molecule has 0 aromatic heterocycles.